The second-order valence-corrected chi connectivity index (χ2v) is 6.09. The third kappa shape index (κ3) is 6.27. The van der Waals surface area contributed by atoms with Gasteiger partial charge in [0.15, 0.2) is 23.2 Å². The predicted octanol–water partition coefficient (Wildman–Crippen LogP) is 3.18. The summed E-state index contributed by atoms with van der Waals surface area (Å²) in [7, 11) is 1.48. The molecule has 0 aliphatic carbocycles. The third-order valence-electron chi connectivity index (χ3n) is 3.57. The molecule has 0 radical (unpaired) electrons. The van der Waals surface area contributed by atoms with Crippen LogP contribution in [-0.2, 0) is 4.79 Å². The second kappa shape index (κ2) is 9.54. The molecule has 0 fully saturated rings. The lowest BCUT2D eigenvalue weighted by molar-refractivity contribution is -0.139. The molecular formula is C19H21N3O4S. The van der Waals surface area contributed by atoms with Gasteiger partial charge in [0.2, 0.25) is 0 Å². The van der Waals surface area contributed by atoms with Crippen molar-refractivity contribution >= 4 is 34.7 Å². The van der Waals surface area contributed by atoms with E-state index in [2.05, 4.69) is 15.8 Å². The Morgan fingerprint density at radius 2 is 1.89 bits per heavy atom. The molecule has 7 nitrogen and oxygen atoms in total. The van der Waals surface area contributed by atoms with Crippen LogP contribution in [0, 0.1) is 6.92 Å². The summed E-state index contributed by atoms with van der Waals surface area (Å²) in [5.41, 5.74) is 6.28. The number of thiocarbonyl (C=S) groups is 1. The van der Waals surface area contributed by atoms with Crippen LogP contribution in [0.1, 0.15) is 18.1 Å². The standard InChI is InChI=1S/C19H21N3O4S/c1-12-4-7-15(8-5-12)20-19(27)22-21-13(2)14-6-9-16(17(10-14)25-3)26-11-18(23)24/h4-10H,11H2,1-3H3,(H,23,24)(H2,20,22,27)/b21-13-. The van der Waals surface area contributed by atoms with Gasteiger partial charge in [0.25, 0.3) is 0 Å². The molecule has 8 heteroatoms. The minimum absolute atomic E-state index is 0.348. The van der Waals surface area contributed by atoms with Gasteiger partial charge >= 0.3 is 5.97 Å². The first-order chi connectivity index (χ1) is 12.9. The summed E-state index contributed by atoms with van der Waals surface area (Å²) in [5.74, 6) is -0.290. The van der Waals surface area contributed by atoms with Crippen LogP contribution in [0.25, 0.3) is 0 Å². The lowest BCUT2D eigenvalue weighted by atomic mass is 10.1. The van der Waals surface area contributed by atoms with Gasteiger partial charge in [-0.05, 0) is 56.4 Å². The van der Waals surface area contributed by atoms with Crippen LogP contribution in [0.15, 0.2) is 47.6 Å². The van der Waals surface area contributed by atoms with Gasteiger partial charge in [0.05, 0.1) is 12.8 Å². The molecule has 0 aliphatic rings. The fourth-order valence-corrected chi connectivity index (χ4v) is 2.31. The van der Waals surface area contributed by atoms with Crippen molar-refractivity contribution in [3.8, 4) is 11.5 Å². The molecule has 0 unspecified atom stereocenters. The average Bonchev–Trinajstić information content (AvgIpc) is 2.66. The summed E-state index contributed by atoms with van der Waals surface area (Å²) in [5, 5.41) is 16.4. The van der Waals surface area contributed by atoms with Gasteiger partial charge in [-0.1, -0.05) is 17.7 Å². The van der Waals surface area contributed by atoms with E-state index in [9.17, 15) is 4.79 Å². The smallest absolute Gasteiger partial charge is 0.341 e. The van der Waals surface area contributed by atoms with Crippen molar-refractivity contribution in [3.63, 3.8) is 0 Å². The Balaban J connectivity index is 2.02. The van der Waals surface area contributed by atoms with E-state index < -0.39 is 12.6 Å². The van der Waals surface area contributed by atoms with E-state index >= 15 is 0 Å². The first kappa shape index (κ1) is 20.2. The largest absolute Gasteiger partial charge is 0.493 e. The number of benzene rings is 2. The fourth-order valence-electron chi connectivity index (χ4n) is 2.15. The first-order valence-electron chi connectivity index (χ1n) is 8.10. The van der Waals surface area contributed by atoms with E-state index in [1.54, 1.807) is 18.2 Å². The molecule has 0 saturated heterocycles. The Hall–Kier alpha value is -3.13. The Morgan fingerprint density at radius 3 is 2.52 bits per heavy atom. The van der Waals surface area contributed by atoms with Crippen molar-refractivity contribution in [1.29, 1.82) is 0 Å². The van der Waals surface area contributed by atoms with Gasteiger partial charge in [-0.15, -0.1) is 0 Å². The minimum Gasteiger partial charge on any atom is -0.493 e. The lowest BCUT2D eigenvalue weighted by Crippen LogP contribution is -2.24. The highest BCUT2D eigenvalue weighted by molar-refractivity contribution is 7.80. The Bertz CT molecular complexity index is 851. The molecule has 0 bridgehead atoms. The van der Waals surface area contributed by atoms with E-state index in [1.165, 1.54) is 7.11 Å². The van der Waals surface area contributed by atoms with Crippen LogP contribution >= 0.6 is 12.2 Å². The molecule has 2 rings (SSSR count). The van der Waals surface area contributed by atoms with Crippen LogP contribution in [0.2, 0.25) is 0 Å². The van der Waals surface area contributed by atoms with E-state index in [-0.39, 0.29) is 0 Å². The van der Waals surface area contributed by atoms with Crippen LogP contribution in [0.4, 0.5) is 5.69 Å². The number of hydrogen-bond acceptors (Lipinski definition) is 5. The van der Waals surface area contributed by atoms with Crippen LogP contribution < -0.4 is 20.2 Å². The Morgan fingerprint density at radius 1 is 1.19 bits per heavy atom. The van der Waals surface area contributed by atoms with Crippen molar-refractivity contribution in [2.24, 2.45) is 5.10 Å². The maximum Gasteiger partial charge on any atom is 0.341 e. The highest BCUT2D eigenvalue weighted by atomic mass is 32.1. The lowest BCUT2D eigenvalue weighted by Gasteiger charge is -2.11. The fraction of sp³-hybridized carbons (Fsp3) is 0.211. The minimum atomic E-state index is -1.06. The number of hydrazone groups is 1. The highest BCUT2D eigenvalue weighted by Crippen LogP contribution is 2.28. The molecule has 0 amide bonds. The van der Waals surface area contributed by atoms with Crippen molar-refractivity contribution in [2.45, 2.75) is 13.8 Å². The summed E-state index contributed by atoms with van der Waals surface area (Å²) in [6.07, 6.45) is 0. The number of anilines is 1. The zero-order chi connectivity index (χ0) is 19.8. The summed E-state index contributed by atoms with van der Waals surface area (Å²) >= 11 is 5.24. The van der Waals surface area contributed by atoms with Crippen molar-refractivity contribution in [2.75, 3.05) is 19.0 Å². The molecule has 0 heterocycles. The molecule has 2 aromatic rings. The molecule has 3 N–H and O–H groups in total. The van der Waals surface area contributed by atoms with Gasteiger partial charge in [-0.25, -0.2) is 4.79 Å². The number of ether oxygens (including phenoxy) is 2. The number of aryl methyl sites for hydroxylation is 1. The number of methoxy groups -OCH3 is 1. The number of carboxylic acids is 1. The maximum absolute atomic E-state index is 10.6. The van der Waals surface area contributed by atoms with Gasteiger partial charge in [-0.3, -0.25) is 5.43 Å². The molecular weight excluding hydrogens is 366 g/mol. The second-order valence-electron chi connectivity index (χ2n) is 5.68. The molecule has 2 aromatic carbocycles. The van der Waals surface area contributed by atoms with Crippen molar-refractivity contribution in [1.82, 2.24) is 5.43 Å². The number of rotatable bonds is 7. The molecule has 27 heavy (non-hydrogen) atoms. The number of nitrogens with one attached hydrogen (secondary N) is 2. The number of nitrogens with zero attached hydrogens (tertiary/aromatic N) is 1. The van der Waals surface area contributed by atoms with Crippen molar-refractivity contribution < 1.29 is 19.4 Å². The van der Waals surface area contributed by atoms with Gasteiger partial charge < -0.3 is 19.9 Å². The highest BCUT2D eigenvalue weighted by Gasteiger charge is 2.09. The average molecular weight is 387 g/mol. The summed E-state index contributed by atoms with van der Waals surface area (Å²) in [6.45, 7) is 3.39. The molecule has 0 saturated carbocycles. The third-order valence-corrected chi connectivity index (χ3v) is 3.76. The molecule has 0 aliphatic heterocycles. The summed E-state index contributed by atoms with van der Waals surface area (Å²) in [6, 6.07) is 12.9. The number of aliphatic carboxylic acids is 1. The summed E-state index contributed by atoms with van der Waals surface area (Å²) in [4.78, 5) is 10.6. The Labute approximate surface area is 163 Å². The van der Waals surface area contributed by atoms with Crippen LogP contribution in [-0.4, -0.2) is 35.6 Å². The maximum atomic E-state index is 10.6. The van der Waals surface area contributed by atoms with Crippen LogP contribution in [0.3, 0.4) is 0 Å². The predicted molar refractivity (Wildman–Crippen MR) is 109 cm³/mol. The zero-order valence-electron chi connectivity index (χ0n) is 15.3. The van der Waals surface area contributed by atoms with E-state index in [1.807, 2.05) is 38.1 Å². The van der Waals surface area contributed by atoms with E-state index in [0.29, 0.717) is 22.3 Å². The topological polar surface area (TPSA) is 92.2 Å². The quantitative estimate of drug-likeness (QED) is 0.382. The van der Waals surface area contributed by atoms with Gasteiger partial charge in [-0.2, -0.15) is 5.10 Å². The molecule has 0 atom stereocenters. The number of carbonyl (C=O) groups is 1. The molecule has 142 valence electrons. The van der Waals surface area contributed by atoms with Gasteiger partial charge in [0.1, 0.15) is 0 Å². The van der Waals surface area contributed by atoms with Gasteiger partial charge in [0, 0.05) is 11.3 Å². The Kier molecular flexibility index (Phi) is 7.13. The summed E-state index contributed by atoms with van der Waals surface area (Å²) < 4.78 is 10.4. The van der Waals surface area contributed by atoms with E-state index in [0.717, 1.165) is 16.8 Å². The number of hydrogen-bond donors (Lipinski definition) is 3. The molecule has 0 spiro atoms. The SMILES string of the molecule is COc1cc(/C(C)=N\NC(=S)Nc2ccc(C)cc2)ccc1OCC(=O)O. The number of carboxylic acid groups (broad SMARTS) is 1. The van der Waals surface area contributed by atoms with Crippen molar-refractivity contribution in [3.05, 3.63) is 53.6 Å². The van der Waals surface area contributed by atoms with Crippen LogP contribution in [0.5, 0.6) is 11.5 Å². The monoisotopic (exact) mass is 387 g/mol. The zero-order valence-corrected chi connectivity index (χ0v) is 16.1. The first-order valence-corrected chi connectivity index (χ1v) is 8.51. The molecule has 0 aromatic heterocycles. The van der Waals surface area contributed by atoms with E-state index in [4.69, 9.17) is 26.8 Å². The normalized spacial score (nSPS) is 10.9.